The van der Waals surface area contributed by atoms with Gasteiger partial charge < -0.3 is 10.4 Å². The maximum absolute atomic E-state index is 15.7. The Bertz CT molecular complexity index is 1090. The standard InChI is InChI=1S/C21H28F2N4O4S/c1-21(2,3)16(25-20(28)29)12-14-13-27(32(30,31)26-10-5-4-6-11-26)18(17(14)22)15-8-7-9-24-19(15)23/h7-9,13,16,25H,4-6,10-12H2,1-3H3,(H,28,29). The third-order valence-corrected chi connectivity index (χ3v) is 7.46. The van der Waals surface area contributed by atoms with E-state index in [1.807, 2.05) is 0 Å². The highest BCUT2D eigenvalue weighted by atomic mass is 32.2. The first-order valence-electron chi connectivity index (χ1n) is 10.4. The summed E-state index contributed by atoms with van der Waals surface area (Å²) in [4.78, 5) is 14.8. The molecule has 3 heterocycles. The molecular weight excluding hydrogens is 442 g/mol. The van der Waals surface area contributed by atoms with Gasteiger partial charge in [0.2, 0.25) is 5.95 Å². The fraction of sp³-hybridized carbons (Fsp3) is 0.524. The topological polar surface area (TPSA) is 105 Å². The fourth-order valence-corrected chi connectivity index (χ4v) is 5.44. The second-order valence-corrected chi connectivity index (χ2v) is 10.8. The van der Waals surface area contributed by atoms with Crippen molar-refractivity contribution < 1.29 is 27.1 Å². The summed E-state index contributed by atoms with van der Waals surface area (Å²) in [5.41, 5.74) is -1.34. The van der Waals surface area contributed by atoms with Crippen LogP contribution in [-0.2, 0) is 16.6 Å². The average molecular weight is 471 g/mol. The van der Waals surface area contributed by atoms with Crippen LogP contribution in [0.2, 0.25) is 0 Å². The SMILES string of the molecule is CC(C)(C)C(Cc1cn(S(=O)(=O)N2CCCCC2)c(-c2cccnc2F)c1F)NC(=O)O. The first kappa shape index (κ1) is 24.1. The lowest BCUT2D eigenvalue weighted by molar-refractivity contribution is 0.174. The summed E-state index contributed by atoms with van der Waals surface area (Å²) in [6.45, 7) is 5.94. The number of piperidine rings is 1. The van der Waals surface area contributed by atoms with Crippen molar-refractivity contribution in [3.05, 3.63) is 41.9 Å². The molecule has 8 nitrogen and oxygen atoms in total. The van der Waals surface area contributed by atoms with Crippen molar-refractivity contribution in [3.63, 3.8) is 0 Å². The molecule has 2 aromatic rings. The molecule has 3 rings (SSSR count). The smallest absolute Gasteiger partial charge is 0.404 e. The molecule has 176 valence electrons. The van der Waals surface area contributed by atoms with Crippen LogP contribution in [0, 0.1) is 17.2 Å². The van der Waals surface area contributed by atoms with Crippen LogP contribution in [-0.4, -0.2) is 52.0 Å². The highest BCUT2D eigenvalue weighted by Crippen LogP contribution is 2.33. The molecule has 0 saturated carbocycles. The highest BCUT2D eigenvalue weighted by Gasteiger charge is 2.34. The Labute approximate surface area is 186 Å². The third kappa shape index (κ3) is 4.93. The van der Waals surface area contributed by atoms with Crippen LogP contribution in [0.15, 0.2) is 24.5 Å². The number of nitrogens with one attached hydrogen (secondary N) is 1. The van der Waals surface area contributed by atoms with Crippen LogP contribution in [0.4, 0.5) is 13.6 Å². The van der Waals surface area contributed by atoms with Crippen molar-refractivity contribution in [2.45, 2.75) is 52.5 Å². The van der Waals surface area contributed by atoms with Gasteiger partial charge in [0.15, 0.2) is 5.82 Å². The quantitative estimate of drug-likeness (QED) is 0.628. The van der Waals surface area contributed by atoms with Crippen LogP contribution < -0.4 is 5.32 Å². The van der Waals surface area contributed by atoms with E-state index in [9.17, 15) is 22.7 Å². The van der Waals surface area contributed by atoms with E-state index in [1.54, 1.807) is 20.8 Å². The molecule has 0 bridgehead atoms. The predicted octanol–water partition coefficient (Wildman–Crippen LogP) is 3.63. The monoisotopic (exact) mass is 470 g/mol. The number of aromatic nitrogens is 2. The van der Waals surface area contributed by atoms with Gasteiger partial charge in [-0.3, -0.25) is 0 Å². The fourth-order valence-electron chi connectivity index (χ4n) is 3.80. The number of carbonyl (C=O) groups is 1. The van der Waals surface area contributed by atoms with Gasteiger partial charge in [0.1, 0.15) is 5.69 Å². The Morgan fingerprint density at radius 3 is 2.47 bits per heavy atom. The Morgan fingerprint density at radius 1 is 1.25 bits per heavy atom. The average Bonchev–Trinajstić information content (AvgIpc) is 3.04. The molecule has 1 saturated heterocycles. The zero-order valence-electron chi connectivity index (χ0n) is 18.3. The molecule has 0 aromatic carbocycles. The Morgan fingerprint density at radius 2 is 1.91 bits per heavy atom. The number of nitrogens with zero attached hydrogens (tertiary/aromatic N) is 3. The molecule has 1 aliphatic heterocycles. The van der Waals surface area contributed by atoms with Crippen molar-refractivity contribution >= 4 is 16.3 Å². The minimum absolute atomic E-state index is 0.0301. The van der Waals surface area contributed by atoms with Gasteiger partial charge in [-0.15, -0.1) is 0 Å². The Balaban J connectivity index is 2.16. The lowest BCUT2D eigenvalue weighted by Crippen LogP contribution is -2.44. The van der Waals surface area contributed by atoms with Gasteiger partial charge in [-0.25, -0.2) is 18.1 Å². The summed E-state index contributed by atoms with van der Waals surface area (Å²) in [7, 11) is -4.17. The maximum atomic E-state index is 15.7. The molecule has 1 unspecified atom stereocenters. The maximum Gasteiger partial charge on any atom is 0.404 e. The number of hydrogen-bond acceptors (Lipinski definition) is 4. The number of amides is 1. The van der Waals surface area contributed by atoms with Crippen molar-refractivity contribution in [3.8, 4) is 11.3 Å². The number of carboxylic acid groups (broad SMARTS) is 1. The van der Waals surface area contributed by atoms with Gasteiger partial charge in [0.05, 0.1) is 5.56 Å². The van der Waals surface area contributed by atoms with E-state index in [4.69, 9.17) is 0 Å². The second-order valence-electron chi connectivity index (χ2n) is 8.99. The second kappa shape index (κ2) is 9.14. The van der Waals surface area contributed by atoms with Crippen LogP contribution in [0.5, 0.6) is 0 Å². The van der Waals surface area contributed by atoms with Crippen LogP contribution in [0.1, 0.15) is 45.6 Å². The minimum atomic E-state index is -4.17. The number of hydrogen-bond donors (Lipinski definition) is 2. The van der Waals surface area contributed by atoms with E-state index in [0.29, 0.717) is 12.8 Å². The van der Waals surface area contributed by atoms with Gasteiger partial charge in [-0.2, -0.15) is 17.1 Å². The third-order valence-electron chi connectivity index (χ3n) is 5.65. The summed E-state index contributed by atoms with van der Waals surface area (Å²) in [5, 5.41) is 11.6. The first-order chi connectivity index (χ1) is 14.9. The molecule has 11 heteroatoms. The first-order valence-corrected chi connectivity index (χ1v) is 11.8. The van der Waals surface area contributed by atoms with Crippen molar-refractivity contribution in [2.75, 3.05) is 13.1 Å². The van der Waals surface area contributed by atoms with Crippen molar-refractivity contribution in [2.24, 2.45) is 5.41 Å². The Hall–Kier alpha value is -2.53. The van der Waals surface area contributed by atoms with Crippen LogP contribution in [0.3, 0.4) is 0 Å². The van der Waals surface area contributed by atoms with E-state index < -0.39 is 45.2 Å². The molecule has 1 amide bonds. The van der Waals surface area contributed by atoms with Crippen molar-refractivity contribution in [1.82, 2.24) is 18.6 Å². The summed E-state index contributed by atoms with van der Waals surface area (Å²) < 4.78 is 59.0. The van der Waals surface area contributed by atoms with Gasteiger partial charge in [0, 0.05) is 37.1 Å². The van der Waals surface area contributed by atoms with E-state index >= 15 is 4.39 Å². The summed E-state index contributed by atoms with van der Waals surface area (Å²) in [5.74, 6) is -1.92. The van der Waals surface area contributed by atoms with E-state index in [2.05, 4.69) is 10.3 Å². The number of pyridine rings is 1. The summed E-state index contributed by atoms with van der Waals surface area (Å²) in [6.07, 6.45) is 3.19. The normalized spacial score (nSPS) is 16.7. The lowest BCUT2D eigenvalue weighted by Gasteiger charge is -2.30. The molecular formula is C21H28F2N4O4S. The minimum Gasteiger partial charge on any atom is -0.465 e. The summed E-state index contributed by atoms with van der Waals surface area (Å²) >= 11 is 0. The van der Waals surface area contributed by atoms with Gasteiger partial charge in [-0.05, 0) is 36.8 Å². The lowest BCUT2D eigenvalue weighted by atomic mass is 9.83. The van der Waals surface area contributed by atoms with E-state index in [0.717, 1.165) is 16.6 Å². The molecule has 2 aromatic heterocycles. The van der Waals surface area contributed by atoms with Crippen LogP contribution in [0.25, 0.3) is 11.3 Å². The molecule has 0 spiro atoms. The molecule has 1 atom stereocenters. The predicted molar refractivity (Wildman–Crippen MR) is 115 cm³/mol. The molecule has 0 aliphatic carbocycles. The van der Waals surface area contributed by atoms with E-state index in [-0.39, 0.29) is 30.6 Å². The molecule has 32 heavy (non-hydrogen) atoms. The highest BCUT2D eigenvalue weighted by molar-refractivity contribution is 7.87. The van der Waals surface area contributed by atoms with Crippen molar-refractivity contribution in [1.29, 1.82) is 0 Å². The van der Waals surface area contributed by atoms with Gasteiger partial charge in [0.25, 0.3) is 0 Å². The largest absolute Gasteiger partial charge is 0.465 e. The zero-order valence-corrected chi connectivity index (χ0v) is 19.1. The zero-order chi connectivity index (χ0) is 23.7. The summed E-state index contributed by atoms with van der Waals surface area (Å²) in [6, 6.07) is 1.95. The van der Waals surface area contributed by atoms with Crippen LogP contribution >= 0.6 is 0 Å². The molecule has 1 fully saturated rings. The van der Waals surface area contributed by atoms with Gasteiger partial charge >= 0.3 is 16.3 Å². The molecule has 1 aliphatic rings. The van der Waals surface area contributed by atoms with E-state index in [1.165, 1.54) is 22.6 Å². The van der Waals surface area contributed by atoms with Gasteiger partial charge in [-0.1, -0.05) is 27.2 Å². The number of rotatable bonds is 6. The molecule has 0 radical (unpaired) electrons. The number of halogens is 2. The molecule has 2 N–H and O–H groups in total. The Kier molecular flexibility index (Phi) is 6.89.